The van der Waals surface area contributed by atoms with Crippen molar-refractivity contribution in [3.63, 3.8) is 0 Å². The number of alkyl halides is 1. The van der Waals surface area contributed by atoms with Gasteiger partial charge in [-0.2, -0.15) is 0 Å². The molecule has 6 heavy (non-hydrogen) atoms. The van der Waals surface area contributed by atoms with E-state index in [4.69, 9.17) is 0 Å². The van der Waals surface area contributed by atoms with Crippen molar-refractivity contribution in [2.24, 2.45) is 0 Å². The molecule has 0 aromatic rings. The van der Waals surface area contributed by atoms with Gasteiger partial charge in [-0.1, -0.05) is 35.9 Å². The van der Waals surface area contributed by atoms with E-state index in [9.17, 15) is 0 Å². The van der Waals surface area contributed by atoms with E-state index in [1.165, 1.54) is 17.3 Å². The fourth-order valence-corrected chi connectivity index (χ4v) is 0.896. The SMILES string of the molecule is Br.CCCCI. The first-order valence-electron chi connectivity index (χ1n) is 1.97. The van der Waals surface area contributed by atoms with Gasteiger partial charge < -0.3 is 0 Å². The minimum absolute atomic E-state index is 0. The van der Waals surface area contributed by atoms with Gasteiger partial charge in [0.15, 0.2) is 0 Å². The number of hydrogen-bond acceptors (Lipinski definition) is 0. The molecule has 0 unspecified atom stereocenters. The van der Waals surface area contributed by atoms with E-state index in [0.717, 1.165) is 0 Å². The van der Waals surface area contributed by atoms with Gasteiger partial charge in [0.1, 0.15) is 0 Å². The van der Waals surface area contributed by atoms with Gasteiger partial charge in [-0.25, -0.2) is 0 Å². The van der Waals surface area contributed by atoms with Crippen LogP contribution in [0.4, 0.5) is 0 Å². The second-order valence-corrected chi connectivity index (χ2v) is 2.12. The molecule has 0 nitrogen and oxygen atoms in total. The van der Waals surface area contributed by atoms with E-state index in [1.807, 2.05) is 0 Å². The van der Waals surface area contributed by atoms with E-state index in [2.05, 4.69) is 29.5 Å². The molecule has 0 bridgehead atoms. The highest BCUT2D eigenvalue weighted by Crippen LogP contribution is 1.90. The second kappa shape index (κ2) is 9.51. The van der Waals surface area contributed by atoms with Gasteiger partial charge in [0.2, 0.25) is 0 Å². The summed E-state index contributed by atoms with van der Waals surface area (Å²) in [4.78, 5) is 0. The van der Waals surface area contributed by atoms with Gasteiger partial charge in [0.25, 0.3) is 0 Å². The highest BCUT2D eigenvalue weighted by atomic mass is 127. The number of rotatable bonds is 2. The zero-order chi connectivity index (χ0) is 4.12. The largest absolute Gasteiger partial charge is 0.114 e. The molecule has 0 heterocycles. The third kappa shape index (κ3) is 8.96. The summed E-state index contributed by atoms with van der Waals surface area (Å²) in [6, 6.07) is 0. The molecule has 0 aliphatic heterocycles. The molecule has 0 aliphatic rings. The molecule has 0 radical (unpaired) electrons. The Labute approximate surface area is 63.6 Å². The lowest BCUT2D eigenvalue weighted by Crippen LogP contribution is -1.64. The van der Waals surface area contributed by atoms with Crippen molar-refractivity contribution in [2.45, 2.75) is 19.8 Å². The van der Waals surface area contributed by atoms with Crippen molar-refractivity contribution in [1.29, 1.82) is 0 Å². The predicted octanol–water partition coefficient (Wildman–Crippen LogP) is 2.80. The molecule has 40 valence electrons. The Kier molecular flexibility index (Phi) is 16.2. The normalized spacial score (nSPS) is 7.00. The molecule has 0 aliphatic carbocycles. The first-order valence-corrected chi connectivity index (χ1v) is 3.50. The fraction of sp³-hybridized carbons (Fsp3) is 1.00. The Balaban J connectivity index is 0. The first kappa shape index (κ1) is 10.2. The summed E-state index contributed by atoms with van der Waals surface area (Å²) in [5.41, 5.74) is 0. The zero-order valence-electron chi connectivity index (χ0n) is 3.91. The summed E-state index contributed by atoms with van der Waals surface area (Å²) in [6.45, 7) is 2.21. The summed E-state index contributed by atoms with van der Waals surface area (Å²) < 4.78 is 1.31. The molecule has 0 fully saturated rings. The van der Waals surface area contributed by atoms with Crippen LogP contribution in [0.1, 0.15) is 19.8 Å². The molecular formula is C4H10BrI. The van der Waals surface area contributed by atoms with Crippen LogP contribution < -0.4 is 0 Å². The molecule has 2 heteroatoms. The smallest absolute Gasteiger partial charge is 0.000483 e. The molecule has 0 aromatic heterocycles. The third-order valence-corrected chi connectivity index (χ3v) is 1.25. The van der Waals surface area contributed by atoms with Crippen LogP contribution in [0.5, 0.6) is 0 Å². The quantitative estimate of drug-likeness (QED) is 0.532. The van der Waals surface area contributed by atoms with Crippen LogP contribution in [0.3, 0.4) is 0 Å². The van der Waals surface area contributed by atoms with Gasteiger partial charge in [0.05, 0.1) is 0 Å². The monoisotopic (exact) mass is 264 g/mol. The molecule has 0 spiro atoms. The van der Waals surface area contributed by atoms with Crippen LogP contribution in [-0.4, -0.2) is 4.43 Å². The van der Waals surface area contributed by atoms with Crippen molar-refractivity contribution in [3.05, 3.63) is 0 Å². The van der Waals surface area contributed by atoms with Crippen molar-refractivity contribution in [2.75, 3.05) is 4.43 Å². The van der Waals surface area contributed by atoms with Crippen LogP contribution in [0.2, 0.25) is 0 Å². The summed E-state index contributed by atoms with van der Waals surface area (Å²) in [7, 11) is 0. The fourth-order valence-electron chi connectivity index (χ4n) is 0.134. The van der Waals surface area contributed by atoms with Crippen LogP contribution in [-0.2, 0) is 0 Å². The maximum absolute atomic E-state index is 2.39. The van der Waals surface area contributed by atoms with E-state index in [-0.39, 0.29) is 17.0 Å². The van der Waals surface area contributed by atoms with Crippen molar-refractivity contribution >= 4 is 39.6 Å². The molecule has 0 amide bonds. The lowest BCUT2D eigenvalue weighted by atomic mass is 10.4. The zero-order valence-corrected chi connectivity index (χ0v) is 7.78. The van der Waals surface area contributed by atoms with Crippen LogP contribution in [0, 0.1) is 0 Å². The topological polar surface area (TPSA) is 0 Å². The summed E-state index contributed by atoms with van der Waals surface area (Å²) >= 11 is 2.39. The van der Waals surface area contributed by atoms with Crippen molar-refractivity contribution in [1.82, 2.24) is 0 Å². The summed E-state index contributed by atoms with van der Waals surface area (Å²) in [6.07, 6.45) is 2.71. The summed E-state index contributed by atoms with van der Waals surface area (Å²) in [5.74, 6) is 0. The number of unbranched alkanes of at least 4 members (excludes halogenated alkanes) is 1. The highest BCUT2D eigenvalue weighted by molar-refractivity contribution is 14.1. The third-order valence-electron chi connectivity index (χ3n) is 0.487. The Hall–Kier alpha value is 1.21. The molecule has 0 N–H and O–H groups in total. The Morgan fingerprint density at radius 1 is 1.50 bits per heavy atom. The van der Waals surface area contributed by atoms with E-state index < -0.39 is 0 Å². The maximum atomic E-state index is 2.39. The van der Waals surface area contributed by atoms with Gasteiger partial charge in [-0.3, -0.25) is 0 Å². The van der Waals surface area contributed by atoms with E-state index >= 15 is 0 Å². The van der Waals surface area contributed by atoms with Gasteiger partial charge in [0, 0.05) is 0 Å². The molecule has 0 saturated heterocycles. The Morgan fingerprint density at radius 3 is 2.00 bits per heavy atom. The van der Waals surface area contributed by atoms with Gasteiger partial charge in [-0.15, -0.1) is 17.0 Å². The predicted molar refractivity (Wildman–Crippen MR) is 44.1 cm³/mol. The molecule has 0 aromatic carbocycles. The molecule has 0 atom stereocenters. The Morgan fingerprint density at radius 2 is 2.00 bits per heavy atom. The number of hydrogen-bond donors (Lipinski definition) is 0. The van der Waals surface area contributed by atoms with Crippen molar-refractivity contribution in [3.8, 4) is 0 Å². The minimum Gasteiger partial charge on any atom is -0.114 e. The van der Waals surface area contributed by atoms with Crippen molar-refractivity contribution < 1.29 is 0 Å². The van der Waals surface area contributed by atoms with Gasteiger partial charge >= 0.3 is 0 Å². The Bertz CT molecular complexity index is 15.0. The maximum Gasteiger partial charge on any atom is -0.000483 e. The van der Waals surface area contributed by atoms with Gasteiger partial charge in [-0.05, 0) is 10.8 Å². The molecule has 0 saturated carbocycles. The lowest BCUT2D eigenvalue weighted by Gasteiger charge is -1.77. The van der Waals surface area contributed by atoms with E-state index in [0.29, 0.717) is 0 Å². The lowest BCUT2D eigenvalue weighted by molar-refractivity contribution is 0.907. The average Bonchev–Trinajstić information content (AvgIpc) is 1.41. The number of halogens is 2. The molecule has 0 rings (SSSR count). The standard InChI is InChI=1S/C4H9I.BrH/c1-2-3-4-5;/h2-4H2,1H3;1H. The second-order valence-electron chi connectivity index (χ2n) is 1.04. The highest BCUT2D eigenvalue weighted by Gasteiger charge is 1.69. The molecular weight excluding hydrogens is 255 g/mol. The van der Waals surface area contributed by atoms with Crippen LogP contribution in [0.25, 0.3) is 0 Å². The minimum atomic E-state index is 0. The van der Waals surface area contributed by atoms with E-state index in [1.54, 1.807) is 0 Å². The van der Waals surface area contributed by atoms with Crippen LogP contribution in [0.15, 0.2) is 0 Å². The first-order chi connectivity index (χ1) is 2.41. The van der Waals surface area contributed by atoms with Crippen LogP contribution >= 0.6 is 39.6 Å². The summed E-state index contributed by atoms with van der Waals surface area (Å²) in [5, 5.41) is 0. The average molecular weight is 265 g/mol.